The van der Waals surface area contributed by atoms with Gasteiger partial charge in [-0.25, -0.2) is 10.7 Å². The SMILES string of the molecule is CCCCSC(=O)C(Cl)CCC(=O)C(C)(ON)C(=O)O. The molecule has 0 heterocycles. The van der Waals surface area contributed by atoms with Crippen LogP contribution in [0, 0.1) is 0 Å². The Balaban J connectivity index is 4.30. The average Bonchev–Trinajstić information content (AvgIpc) is 2.43. The van der Waals surface area contributed by atoms with Gasteiger partial charge in [0.05, 0.1) is 0 Å². The molecule has 20 heavy (non-hydrogen) atoms. The summed E-state index contributed by atoms with van der Waals surface area (Å²) in [4.78, 5) is 38.6. The third-order valence-corrected chi connectivity index (χ3v) is 4.41. The first kappa shape index (κ1) is 19.4. The van der Waals surface area contributed by atoms with Gasteiger partial charge in [-0.2, -0.15) is 0 Å². The zero-order valence-electron chi connectivity index (χ0n) is 11.6. The van der Waals surface area contributed by atoms with Gasteiger partial charge in [-0.1, -0.05) is 25.1 Å². The second kappa shape index (κ2) is 9.33. The lowest BCUT2D eigenvalue weighted by atomic mass is 9.97. The second-order valence-corrected chi connectivity index (χ2v) is 6.03. The highest BCUT2D eigenvalue weighted by molar-refractivity contribution is 8.13. The predicted molar refractivity (Wildman–Crippen MR) is 77.6 cm³/mol. The molecule has 0 aliphatic heterocycles. The smallest absolute Gasteiger partial charge is 0.345 e. The molecule has 0 rings (SSSR count). The van der Waals surface area contributed by atoms with Crippen LogP contribution < -0.4 is 5.90 Å². The van der Waals surface area contributed by atoms with Gasteiger partial charge in [0.25, 0.3) is 0 Å². The van der Waals surface area contributed by atoms with Crippen LogP contribution in [0.1, 0.15) is 39.5 Å². The highest BCUT2D eigenvalue weighted by Crippen LogP contribution is 2.20. The molecule has 6 nitrogen and oxygen atoms in total. The molecular weight excluding hydrogens is 306 g/mol. The second-order valence-electron chi connectivity index (χ2n) is 4.41. The number of thioether (sulfide) groups is 1. The molecule has 0 spiro atoms. The fourth-order valence-corrected chi connectivity index (χ4v) is 2.49. The molecule has 2 unspecified atom stereocenters. The van der Waals surface area contributed by atoms with E-state index in [2.05, 4.69) is 4.84 Å². The fourth-order valence-electron chi connectivity index (χ4n) is 1.26. The first-order valence-electron chi connectivity index (χ1n) is 6.24. The maximum atomic E-state index is 11.8. The molecule has 0 saturated heterocycles. The van der Waals surface area contributed by atoms with Gasteiger partial charge in [-0.05, 0) is 19.8 Å². The van der Waals surface area contributed by atoms with Gasteiger partial charge in [0.1, 0.15) is 5.38 Å². The molecule has 0 fully saturated rings. The molecule has 8 heteroatoms. The summed E-state index contributed by atoms with van der Waals surface area (Å²) < 4.78 is 0. The van der Waals surface area contributed by atoms with Crippen LogP contribution >= 0.6 is 23.4 Å². The molecule has 0 aromatic heterocycles. The van der Waals surface area contributed by atoms with Crippen molar-refractivity contribution in [3.8, 4) is 0 Å². The van der Waals surface area contributed by atoms with Crippen molar-refractivity contribution >= 4 is 40.2 Å². The Morgan fingerprint density at radius 1 is 1.45 bits per heavy atom. The fraction of sp³-hybridized carbons (Fsp3) is 0.750. The Hall–Kier alpha value is -0.630. The summed E-state index contributed by atoms with van der Waals surface area (Å²) in [6.07, 6.45) is 1.77. The van der Waals surface area contributed by atoms with E-state index in [9.17, 15) is 14.4 Å². The van der Waals surface area contributed by atoms with E-state index in [0.717, 1.165) is 31.5 Å². The molecular formula is C12H20ClNO5S. The number of hydrogen-bond donors (Lipinski definition) is 2. The van der Waals surface area contributed by atoms with Crippen molar-refractivity contribution in [2.24, 2.45) is 5.90 Å². The number of rotatable bonds is 10. The average molecular weight is 326 g/mol. The van der Waals surface area contributed by atoms with Crippen LogP contribution in [-0.2, 0) is 19.2 Å². The van der Waals surface area contributed by atoms with Crippen molar-refractivity contribution in [1.82, 2.24) is 0 Å². The normalized spacial score (nSPS) is 15.4. The van der Waals surface area contributed by atoms with Gasteiger partial charge in [0, 0.05) is 12.2 Å². The number of unbranched alkanes of at least 4 members (excludes halogenated alkanes) is 1. The van der Waals surface area contributed by atoms with Crippen LogP contribution in [0.2, 0.25) is 0 Å². The van der Waals surface area contributed by atoms with Gasteiger partial charge >= 0.3 is 5.97 Å². The number of carbonyl (C=O) groups is 3. The van der Waals surface area contributed by atoms with Crippen LogP contribution in [0.15, 0.2) is 0 Å². The maximum Gasteiger partial charge on any atom is 0.345 e. The van der Waals surface area contributed by atoms with E-state index in [1.807, 2.05) is 6.92 Å². The van der Waals surface area contributed by atoms with E-state index in [-0.39, 0.29) is 18.0 Å². The third-order valence-electron chi connectivity index (χ3n) is 2.80. The summed E-state index contributed by atoms with van der Waals surface area (Å²) in [5.41, 5.74) is -2.10. The van der Waals surface area contributed by atoms with E-state index in [0.29, 0.717) is 5.75 Å². The Morgan fingerprint density at radius 3 is 2.50 bits per heavy atom. The van der Waals surface area contributed by atoms with Gasteiger partial charge in [0.15, 0.2) is 5.78 Å². The van der Waals surface area contributed by atoms with E-state index < -0.39 is 22.7 Å². The Morgan fingerprint density at radius 2 is 2.05 bits per heavy atom. The van der Waals surface area contributed by atoms with Gasteiger partial charge < -0.3 is 5.11 Å². The number of carbonyl (C=O) groups excluding carboxylic acids is 2. The number of halogens is 1. The molecule has 0 aromatic rings. The quantitative estimate of drug-likeness (QED) is 0.272. The number of nitrogens with two attached hydrogens (primary N) is 1. The summed E-state index contributed by atoms with van der Waals surface area (Å²) in [6, 6.07) is 0. The van der Waals surface area contributed by atoms with Crippen molar-refractivity contribution in [1.29, 1.82) is 0 Å². The molecule has 3 N–H and O–H groups in total. The first-order chi connectivity index (χ1) is 9.29. The minimum Gasteiger partial charge on any atom is -0.479 e. The number of carboxylic acids is 1. The number of carboxylic acid groups (broad SMARTS) is 1. The van der Waals surface area contributed by atoms with Crippen molar-refractivity contribution in [3.63, 3.8) is 0 Å². The van der Waals surface area contributed by atoms with E-state index in [1.54, 1.807) is 0 Å². The van der Waals surface area contributed by atoms with Crippen molar-refractivity contribution in [2.75, 3.05) is 5.75 Å². The van der Waals surface area contributed by atoms with E-state index in [1.165, 1.54) is 0 Å². The maximum absolute atomic E-state index is 11.8. The van der Waals surface area contributed by atoms with Crippen molar-refractivity contribution in [2.45, 2.75) is 50.5 Å². The summed E-state index contributed by atoms with van der Waals surface area (Å²) in [7, 11) is 0. The van der Waals surface area contributed by atoms with Crippen LogP contribution in [0.25, 0.3) is 0 Å². The first-order valence-corrected chi connectivity index (χ1v) is 7.67. The highest BCUT2D eigenvalue weighted by Gasteiger charge is 2.42. The lowest BCUT2D eigenvalue weighted by molar-refractivity contribution is -0.170. The van der Waals surface area contributed by atoms with Gasteiger partial charge in [-0.15, -0.1) is 11.6 Å². The predicted octanol–water partition coefficient (Wildman–Crippen LogP) is 1.74. The number of ketones is 1. The number of hydrogen-bond acceptors (Lipinski definition) is 6. The Bertz CT molecular complexity index is 366. The number of Topliss-reactive ketones (excluding diaryl/α,β-unsaturated/α-hetero) is 1. The van der Waals surface area contributed by atoms with Crippen LogP contribution in [-0.4, -0.2) is 38.7 Å². The molecule has 116 valence electrons. The van der Waals surface area contributed by atoms with Gasteiger partial charge in [0.2, 0.25) is 10.7 Å². The largest absolute Gasteiger partial charge is 0.479 e. The molecule has 0 aromatic carbocycles. The lowest BCUT2D eigenvalue weighted by Gasteiger charge is -2.20. The third kappa shape index (κ3) is 5.78. The van der Waals surface area contributed by atoms with E-state index in [4.69, 9.17) is 22.6 Å². The summed E-state index contributed by atoms with van der Waals surface area (Å²) in [5, 5.41) is 7.86. The zero-order valence-corrected chi connectivity index (χ0v) is 13.1. The molecule has 0 amide bonds. The summed E-state index contributed by atoms with van der Waals surface area (Å²) in [6.45, 7) is 3.08. The Kier molecular flexibility index (Phi) is 9.04. The Labute approximate surface area is 127 Å². The molecule has 0 saturated carbocycles. The lowest BCUT2D eigenvalue weighted by Crippen LogP contribution is -2.48. The van der Waals surface area contributed by atoms with Crippen molar-refractivity contribution < 1.29 is 24.3 Å². The zero-order chi connectivity index (χ0) is 15.8. The highest BCUT2D eigenvalue weighted by atomic mass is 35.5. The number of aliphatic carboxylic acids is 1. The summed E-state index contributed by atoms with van der Waals surface area (Å²) in [5.74, 6) is 3.35. The molecule has 0 radical (unpaired) electrons. The monoisotopic (exact) mass is 325 g/mol. The van der Waals surface area contributed by atoms with Gasteiger partial charge in [-0.3, -0.25) is 14.4 Å². The topological polar surface area (TPSA) is 107 Å². The molecule has 0 aliphatic carbocycles. The summed E-state index contributed by atoms with van der Waals surface area (Å²) >= 11 is 7.01. The molecule has 2 atom stereocenters. The van der Waals surface area contributed by atoms with Crippen LogP contribution in [0.3, 0.4) is 0 Å². The standard InChI is InChI=1S/C12H20ClNO5S/c1-3-4-7-20-10(16)8(13)5-6-9(15)12(2,19-14)11(17)18/h8H,3-7,14H2,1-2H3,(H,17,18). The van der Waals surface area contributed by atoms with Crippen molar-refractivity contribution in [3.05, 3.63) is 0 Å². The minimum atomic E-state index is -2.10. The van der Waals surface area contributed by atoms with E-state index >= 15 is 0 Å². The van der Waals surface area contributed by atoms with Crippen LogP contribution in [0.5, 0.6) is 0 Å². The molecule has 0 bridgehead atoms. The van der Waals surface area contributed by atoms with Crippen LogP contribution in [0.4, 0.5) is 0 Å². The minimum absolute atomic E-state index is 0.0601. The number of alkyl halides is 1. The molecule has 0 aliphatic rings.